The molecule has 0 unspecified atom stereocenters. The van der Waals surface area contributed by atoms with E-state index in [1.54, 1.807) is 0 Å². The fourth-order valence-electron chi connectivity index (χ4n) is 1.44. The number of nitrogens with two attached hydrogens (primary N) is 1. The van der Waals surface area contributed by atoms with Gasteiger partial charge in [-0.3, -0.25) is 0 Å². The molecule has 0 atom stereocenters. The lowest BCUT2D eigenvalue weighted by Gasteiger charge is -2.11. The molecule has 0 radical (unpaired) electrons. The van der Waals surface area contributed by atoms with Gasteiger partial charge >= 0.3 is 0 Å². The van der Waals surface area contributed by atoms with Gasteiger partial charge in [0, 0.05) is 11.1 Å². The van der Waals surface area contributed by atoms with E-state index in [9.17, 15) is 13.9 Å². The van der Waals surface area contributed by atoms with Gasteiger partial charge in [-0.1, -0.05) is 0 Å². The van der Waals surface area contributed by atoms with Crippen molar-refractivity contribution in [2.75, 3.05) is 0 Å². The second-order valence-corrected chi connectivity index (χ2v) is 3.90. The summed E-state index contributed by atoms with van der Waals surface area (Å²) >= 11 is 0. The highest BCUT2D eigenvalue weighted by atomic mass is 19.2. The van der Waals surface area contributed by atoms with Gasteiger partial charge in [-0.05, 0) is 31.4 Å². The Kier molecular flexibility index (Phi) is 1.96. The zero-order valence-electron chi connectivity index (χ0n) is 7.56. The topological polar surface area (TPSA) is 46.2 Å². The molecular weight excluding hydrogens is 188 g/mol. The maximum absolute atomic E-state index is 13.2. The molecule has 4 heteroatoms. The van der Waals surface area contributed by atoms with Crippen LogP contribution in [-0.2, 0) is 6.42 Å². The van der Waals surface area contributed by atoms with Crippen LogP contribution in [0.15, 0.2) is 12.1 Å². The minimum atomic E-state index is -0.985. The van der Waals surface area contributed by atoms with Gasteiger partial charge in [-0.25, -0.2) is 8.78 Å². The highest BCUT2D eigenvalue weighted by Gasteiger charge is 2.39. The molecule has 0 aromatic heterocycles. The van der Waals surface area contributed by atoms with Gasteiger partial charge in [-0.2, -0.15) is 0 Å². The highest BCUT2D eigenvalue weighted by molar-refractivity contribution is 5.36. The van der Waals surface area contributed by atoms with Crippen molar-refractivity contribution in [1.82, 2.24) is 0 Å². The summed E-state index contributed by atoms with van der Waals surface area (Å²) < 4.78 is 26.1. The van der Waals surface area contributed by atoms with E-state index < -0.39 is 17.2 Å². The van der Waals surface area contributed by atoms with Crippen molar-refractivity contribution in [1.29, 1.82) is 0 Å². The average Bonchev–Trinajstić information content (AvgIpc) is 2.86. The Labute approximate surface area is 80.4 Å². The van der Waals surface area contributed by atoms with E-state index in [0.717, 1.165) is 25.0 Å². The van der Waals surface area contributed by atoms with E-state index in [2.05, 4.69) is 0 Å². The van der Waals surface area contributed by atoms with Crippen LogP contribution in [0.4, 0.5) is 8.78 Å². The summed E-state index contributed by atoms with van der Waals surface area (Å²) in [7, 11) is 0. The van der Waals surface area contributed by atoms with Crippen LogP contribution in [-0.4, -0.2) is 10.6 Å². The molecule has 0 aliphatic heterocycles. The fraction of sp³-hybridized carbons (Fsp3) is 0.400. The van der Waals surface area contributed by atoms with Crippen molar-refractivity contribution in [2.24, 2.45) is 5.73 Å². The lowest BCUT2D eigenvalue weighted by atomic mass is 10.0. The third kappa shape index (κ3) is 1.57. The number of rotatable bonds is 2. The molecule has 1 saturated carbocycles. The molecule has 0 heterocycles. The molecule has 14 heavy (non-hydrogen) atoms. The summed E-state index contributed by atoms with van der Waals surface area (Å²) in [6, 6.07) is 2.06. The summed E-state index contributed by atoms with van der Waals surface area (Å²) in [6.07, 6.45) is 1.78. The lowest BCUT2D eigenvalue weighted by molar-refractivity contribution is 0.435. The van der Waals surface area contributed by atoms with Crippen LogP contribution in [0.3, 0.4) is 0 Å². The first-order valence-electron chi connectivity index (χ1n) is 4.47. The van der Waals surface area contributed by atoms with Crippen molar-refractivity contribution in [3.63, 3.8) is 0 Å². The van der Waals surface area contributed by atoms with Crippen molar-refractivity contribution >= 4 is 0 Å². The summed E-state index contributed by atoms with van der Waals surface area (Å²) in [4.78, 5) is 0. The molecule has 1 aliphatic carbocycles. The zero-order chi connectivity index (χ0) is 10.3. The first-order chi connectivity index (χ1) is 6.52. The lowest BCUT2D eigenvalue weighted by Crippen LogP contribution is -2.25. The van der Waals surface area contributed by atoms with Gasteiger partial charge < -0.3 is 10.8 Å². The van der Waals surface area contributed by atoms with Gasteiger partial charge in [-0.15, -0.1) is 0 Å². The minimum absolute atomic E-state index is 0.00926. The molecule has 0 saturated heterocycles. The zero-order valence-corrected chi connectivity index (χ0v) is 7.56. The Morgan fingerprint density at radius 1 is 1.36 bits per heavy atom. The van der Waals surface area contributed by atoms with Crippen molar-refractivity contribution < 1.29 is 13.9 Å². The van der Waals surface area contributed by atoms with Crippen LogP contribution in [0.1, 0.15) is 18.4 Å². The Balaban J connectivity index is 2.35. The molecular formula is C10H11F2NO. The molecule has 1 aromatic rings. The molecule has 1 aliphatic rings. The Bertz CT molecular complexity index is 375. The summed E-state index contributed by atoms with van der Waals surface area (Å²) in [5, 5.41) is 9.34. The normalized spacial score (nSPS) is 18.2. The van der Waals surface area contributed by atoms with Gasteiger partial charge in [0.25, 0.3) is 0 Å². The van der Waals surface area contributed by atoms with Crippen LogP contribution >= 0.6 is 0 Å². The molecule has 0 amide bonds. The number of halogens is 2. The predicted octanol–water partition coefficient (Wildman–Crippen LogP) is 1.70. The van der Waals surface area contributed by atoms with Gasteiger partial charge in [0.05, 0.1) is 0 Å². The van der Waals surface area contributed by atoms with Gasteiger partial charge in [0.15, 0.2) is 11.6 Å². The third-order valence-electron chi connectivity index (χ3n) is 2.59. The van der Waals surface area contributed by atoms with E-state index in [1.807, 2.05) is 0 Å². The Hall–Kier alpha value is -1.16. The van der Waals surface area contributed by atoms with E-state index in [4.69, 9.17) is 5.73 Å². The van der Waals surface area contributed by atoms with Crippen LogP contribution < -0.4 is 5.73 Å². The number of phenolic OH excluding ortho intramolecular Hbond substituents is 1. The SMILES string of the molecule is NC1(Cc2c(O)ccc(F)c2F)CC1. The fourth-order valence-corrected chi connectivity index (χ4v) is 1.44. The Morgan fingerprint density at radius 2 is 2.00 bits per heavy atom. The van der Waals surface area contributed by atoms with Gasteiger partial charge in [0.1, 0.15) is 5.75 Å². The molecule has 1 fully saturated rings. The third-order valence-corrected chi connectivity index (χ3v) is 2.59. The Morgan fingerprint density at radius 3 is 2.57 bits per heavy atom. The monoisotopic (exact) mass is 199 g/mol. The molecule has 1 aromatic carbocycles. The van der Waals surface area contributed by atoms with Gasteiger partial charge in [0.2, 0.25) is 0 Å². The number of benzene rings is 1. The number of aromatic hydroxyl groups is 1. The van der Waals surface area contributed by atoms with E-state index in [1.165, 1.54) is 0 Å². The highest BCUT2D eigenvalue weighted by Crippen LogP contribution is 2.38. The molecule has 76 valence electrons. The van der Waals surface area contributed by atoms with Crippen LogP contribution in [0, 0.1) is 11.6 Å². The number of hydrogen-bond donors (Lipinski definition) is 2. The second-order valence-electron chi connectivity index (χ2n) is 3.90. The quantitative estimate of drug-likeness (QED) is 0.761. The van der Waals surface area contributed by atoms with E-state index in [-0.39, 0.29) is 17.7 Å². The van der Waals surface area contributed by atoms with Crippen LogP contribution in [0.2, 0.25) is 0 Å². The van der Waals surface area contributed by atoms with Crippen LogP contribution in [0.25, 0.3) is 0 Å². The average molecular weight is 199 g/mol. The smallest absolute Gasteiger partial charge is 0.165 e. The number of phenols is 1. The molecule has 0 bridgehead atoms. The van der Waals surface area contributed by atoms with E-state index >= 15 is 0 Å². The number of hydrogen-bond acceptors (Lipinski definition) is 2. The first-order valence-corrected chi connectivity index (χ1v) is 4.47. The van der Waals surface area contributed by atoms with Crippen molar-refractivity contribution in [2.45, 2.75) is 24.8 Å². The minimum Gasteiger partial charge on any atom is -0.508 e. The molecule has 0 spiro atoms. The largest absolute Gasteiger partial charge is 0.508 e. The second kappa shape index (κ2) is 2.92. The molecule has 2 rings (SSSR count). The molecule has 3 N–H and O–H groups in total. The summed E-state index contributed by atoms with van der Waals surface area (Å²) in [5.74, 6) is -2.15. The molecule has 2 nitrogen and oxygen atoms in total. The maximum Gasteiger partial charge on any atom is 0.165 e. The maximum atomic E-state index is 13.2. The summed E-state index contributed by atoms with van der Waals surface area (Å²) in [5.41, 5.74) is 5.32. The first kappa shape index (κ1) is 9.40. The van der Waals surface area contributed by atoms with E-state index in [0.29, 0.717) is 0 Å². The van der Waals surface area contributed by atoms with Crippen LogP contribution in [0.5, 0.6) is 5.75 Å². The summed E-state index contributed by atoms with van der Waals surface area (Å²) in [6.45, 7) is 0. The van der Waals surface area contributed by atoms with Crippen molar-refractivity contribution in [3.8, 4) is 5.75 Å². The van der Waals surface area contributed by atoms with Crippen molar-refractivity contribution in [3.05, 3.63) is 29.3 Å². The standard InChI is InChI=1S/C10H11F2NO/c11-7-1-2-8(14)6(9(7)12)5-10(13)3-4-10/h1-2,14H,3-5,13H2. The predicted molar refractivity (Wildman–Crippen MR) is 47.9 cm³/mol.